The highest BCUT2D eigenvalue weighted by atomic mass is 16.2. The summed E-state index contributed by atoms with van der Waals surface area (Å²) in [7, 11) is 1.78. The van der Waals surface area contributed by atoms with E-state index in [4.69, 9.17) is 0 Å². The molecular formula is C14H19N3O2. The molecule has 5 nitrogen and oxygen atoms in total. The second-order valence-electron chi connectivity index (χ2n) is 4.84. The van der Waals surface area contributed by atoms with Crippen LogP contribution in [0.5, 0.6) is 0 Å². The Labute approximate surface area is 113 Å². The van der Waals surface area contributed by atoms with Crippen LogP contribution in [0.25, 0.3) is 0 Å². The van der Waals surface area contributed by atoms with E-state index >= 15 is 0 Å². The molecule has 102 valence electrons. The van der Waals surface area contributed by atoms with Gasteiger partial charge in [-0.1, -0.05) is 0 Å². The average molecular weight is 261 g/mol. The summed E-state index contributed by atoms with van der Waals surface area (Å²) in [4.78, 5) is 30.7. The maximum Gasteiger partial charge on any atom is 0.241 e. The number of pyridine rings is 1. The number of likely N-dealkylation sites (N-methyl/N-ethyl adjacent to an activating group) is 1. The van der Waals surface area contributed by atoms with E-state index in [1.54, 1.807) is 29.2 Å². The third-order valence-electron chi connectivity index (χ3n) is 3.41. The largest absolute Gasteiger partial charge is 0.344 e. The van der Waals surface area contributed by atoms with Gasteiger partial charge in [0.15, 0.2) is 0 Å². The van der Waals surface area contributed by atoms with E-state index < -0.39 is 0 Å². The van der Waals surface area contributed by atoms with E-state index in [0.717, 1.165) is 18.4 Å². The summed E-state index contributed by atoms with van der Waals surface area (Å²) in [5.74, 6) is 0.0974. The van der Waals surface area contributed by atoms with Crippen molar-refractivity contribution < 1.29 is 9.59 Å². The molecule has 1 aromatic heterocycles. The number of aromatic nitrogens is 1. The molecule has 1 saturated heterocycles. The van der Waals surface area contributed by atoms with Gasteiger partial charge < -0.3 is 9.80 Å². The van der Waals surface area contributed by atoms with Crippen LogP contribution < -0.4 is 0 Å². The van der Waals surface area contributed by atoms with Gasteiger partial charge in [0.2, 0.25) is 11.8 Å². The monoisotopic (exact) mass is 261 g/mol. The van der Waals surface area contributed by atoms with Gasteiger partial charge >= 0.3 is 0 Å². The second-order valence-corrected chi connectivity index (χ2v) is 4.84. The predicted molar refractivity (Wildman–Crippen MR) is 71.4 cm³/mol. The molecule has 0 bridgehead atoms. The van der Waals surface area contributed by atoms with Gasteiger partial charge in [-0.15, -0.1) is 0 Å². The first-order chi connectivity index (χ1) is 9.16. The summed E-state index contributed by atoms with van der Waals surface area (Å²) < 4.78 is 0. The molecule has 2 heterocycles. The molecule has 0 spiro atoms. The lowest BCUT2D eigenvalue weighted by Gasteiger charge is -2.21. The zero-order valence-electron chi connectivity index (χ0n) is 11.2. The number of nitrogens with zero attached hydrogens (tertiary/aromatic N) is 3. The number of likely N-dealkylation sites (tertiary alicyclic amines) is 1. The number of hydrogen-bond acceptors (Lipinski definition) is 3. The summed E-state index contributed by atoms with van der Waals surface area (Å²) in [5, 5.41) is 0. The van der Waals surface area contributed by atoms with Gasteiger partial charge in [-0.3, -0.25) is 14.6 Å². The first-order valence-corrected chi connectivity index (χ1v) is 6.57. The van der Waals surface area contributed by atoms with Gasteiger partial charge in [0.1, 0.15) is 0 Å². The maximum absolute atomic E-state index is 12.0. The molecule has 1 aliphatic rings. The lowest BCUT2D eigenvalue weighted by atomic mass is 10.2. The minimum absolute atomic E-state index is 0.00399. The number of carbonyl (C=O) groups excluding carboxylic acids is 2. The average Bonchev–Trinajstić information content (AvgIpc) is 2.82. The minimum Gasteiger partial charge on any atom is -0.344 e. The van der Waals surface area contributed by atoms with Crippen LogP contribution in [0.4, 0.5) is 0 Å². The Bertz CT molecular complexity index is 447. The molecule has 0 atom stereocenters. The lowest BCUT2D eigenvalue weighted by Crippen LogP contribution is -2.39. The highest BCUT2D eigenvalue weighted by Crippen LogP contribution is 2.09. The number of rotatable bonds is 5. The van der Waals surface area contributed by atoms with Gasteiger partial charge in [0.25, 0.3) is 0 Å². The van der Waals surface area contributed by atoms with Crippen molar-refractivity contribution in [3.05, 3.63) is 30.1 Å². The number of hydrogen-bond donors (Lipinski definition) is 0. The van der Waals surface area contributed by atoms with Crippen LogP contribution in [-0.2, 0) is 16.0 Å². The number of amides is 2. The fourth-order valence-electron chi connectivity index (χ4n) is 2.13. The van der Waals surface area contributed by atoms with Crippen LogP contribution in [0.2, 0.25) is 0 Å². The summed E-state index contributed by atoms with van der Waals surface area (Å²) in [6.07, 6.45) is 5.75. The quantitative estimate of drug-likeness (QED) is 0.784. The topological polar surface area (TPSA) is 53.5 Å². The normalized spacial score (nSPS) is 14.8. The molecule has 0 aromatic carbocycles. The smallest absolute Gasteiger partial charge is 0.241 e. The molecular weight excluding hydrogens is 242 g/mol. The Kier molecular flexibility index (Phi) is 4.49. The highest BCUT2D eigenvalue weighted by molar-refractivity contribution is 5.85. The molecule has 2 rings (SSSR count). The van der Waals surface area contributed by atoms with Crippen molar-refractivity contribution in [3.8, 4) is 0 Å². The second kappa shape index (κ2) is 6.31. The molecule has 1 aliphatic heterocycles. The maximum atomic E-state index is 12.0. The summed E-state index contributed by atoms with van der Waals surface area (Å²) >= 11 is 0. The summed E-state index contributed by atoms with van der Waals surface area (Å²) in [6.45, 7) is 1.58. The molecule has 0 radical (unpaired) electrons. The van der Waals surface area contributed by atoms with Crippen LogP contribution in [0, 0.1) is 0 Å². The van der Waals surface area contributed by atoms with E-state index in [1.807, 2.05) is 12.1 Å². The van der Waals surface area contributed by atoms with E-state index in [2.05, 4.69) is 4.98 Å². The van der Waals surface area contributed by atoms with Crippen LogP contribution >= 0.6 is 0 Å². The Morgan fingerprint density at radius 2 is 2.16 bits per heavy atom. The van der Waals surface area contributed by atoms with Crippen molar-refractivity contribution in [1.29, 1.82) is 0 Å². The Morgan fingerprint density at radius 3 is 2.79 bits per heavy atom. The van der Waals surface area contributed by atoms with Crippen molar-refractivity contribution in [2.24, 2.45) is 0 Å². The van der Waals surface area contributed by atoms with Crippen molar-refractivity contribution in [2.75, 3.05) is 26.7 Å². The van der Waals surface area contributed by atoms with Gasteiger partial charge in [-0.25, -0.2) is 0 Å². The Balaban J connectivity index is 1.78. The minimum atomic E-state index is 0.00399. The van der Waals surface area contributed by atoms with Crippen molar-refractivity contribution >= 4 is 11.8 Å². The summed E-state index contributed by atoms with van der Waals surface area (Å²) in [6, 6.07) is 3.89. The lowest BCUT2D eigenvalue weighted by molar-refractivity contribution is -0.137. The molecule has 0 unspecified atom stereocenters. The molecule has 1 aromatic rings. The van der Waals surface area contributed by atoms with Gasteiger partial charge in [-0.2, -0.15) is 0 Å². The Morgan fingerprint density at radius 1 is 1.42 bits per heavy atom. The van der Waals surface area contributed by atoms with Crippen LogP contribution in [0.1, 0.15) is 18.4 Å². The highest BCUT2D eigenvalue weighted by Gasteiger charge is 2.23. The van der Waals surface area contributed by atoms with E-state index in [-0.39, 0.29) is 18.4 Å². The molecule has 19 heavy (non-hydrogen) atoms. The van der Waals surface area contributed by atoms with E-state index in [9.17, 15) is 9.59 Å². The standard InChI is InChI=1S/C14H19N3O2/c1-16(10-6-12-4-7-15-8-5-12)14(19)11-17-9-2-3-13(17)18/h4-5,7-8H,2-3,6,9-11H2,1H3. The zero-order valence-corrected chi connectivity index (χ0v) is 11.2. The molecule has 1 fully saturated rings. The molecule has 0 aliphatic carbocycles. The molecule has 2 amide bonds. The van der Waals surface area contributed by atoms with Crippen LogP contribution in [0.15, 0.2) is 24.5 Å². The third kappa shape index (κ3) is 3.77. The van der Waals surface area contributed by atoms with E-state index in [0.29, 0.717) is 19.5 Å². The van der Waals surface area contributed by atoms with Crippen molar-refractivity contribution in [3.63, 3.8) is 0 Å². The van der Waals surface area contributed by atoms with Gasteiger partial charge in [0.05, 0.1) is 6.54 Å². The molecule has 0 N–H and O–H groups in total. The fourth-order valence-corrected chi connectivity index (χ4v) is 2.13. The van der Waals surface area contributed by atoms with Gasteiger partial charge in [0, 0.05) is 39.0 Å². The first-order valence-electron chi connectivity index (χ1n) is 6.57. The van der Waals surface area contributed by atoms with Crippen LogP contribution in [0.3, 0.4) is 0 Å². The predicted octanol–water partition coefficient (Wildman–Crippen LogP) is 0.705. The summed E-state index contributed by atoms with van der Waals surface area (Å²) in [5.41, 5.74) is 1.16. The van der Waals surface area contributed by atoms with Gasteiger partial charge in [-0.05, 0) is 30.5 Å². The van der Waals surface area contributed by atoms with Crippen molar-refractivity contribution in [2.45, 2.75) is 19.3 Å². The fraction of sp³-hybridized carbons (Fsp3) is 0.500. The number of carbonyl (C=O) groups is 2. The SMILES string of the molecule is CN(CCc1ccncc1)C(=O)CN1CCCC1=O. The third-order valence-corrected chi connectivity index (χ3v) is 3.41. The molecule has 0 saturated carbocycles. The Hall–Kier alpha value is -1.91. The first kappa shape index (κ1) is 13.5. The van der Waals surface area contributed by atoms with E-state index in [1.165, 1.54) is 0 Å². The molecule has 5 heteroatoms. The van der Waals surface area contributed by atoms with Crippen molar-refractivity contribution in [1.82, 2.24) is 14.8 Å². The zero-order chi connectivity index (χ0) is 13.7. The van der Waals surface area contributed by atoms with Crippen LogP contribution in [-0.4, -0.2) is 53.3 Å².